The van der Waals surface area contributed by atoms with E-state index in [2.05, 4.69) is 6.58 Å². The van der Waals surface area contributed by atoms with E-state index in [-0.39, 0.29) is 5.92 Å². The van der Waals surface area contributed by atoms with Crippen LogP contribution in [0.4, 0.5) is 8.78 Å². The molecule has 98 valence electrons. The van der Waals surface area contributed by atoms with Crippen LogP contribution in [0.5, 0.6) is 5.75 Å². The van der Waals surface area contributed by atoms with Crippen molar-refractivity contribution in [3.8, 4) is 5.75 Å². The second-order valence-electron chi connectivity index (χ2n) is 5.08. The van der Waals surface area contributed by atoms with Crippen molar-refractivity contribution in [2.45, 2.75) is 38.0 Å². The SMILES string of the molecule is C=CCC1CCC(c2cc(F)c(O)c(F)c2)CC1. The largest absolute Gasteiger partial charge is 0.503 e. The molecule has 0 spiro atoms. The van der Waals surface area contributed by atoms with Gasteiger partial charge in [-0.2, -0.15) is 0 Å². The zero-order valence-corrected chi connectivity index (χ0v) is 10.3. The molecular weight excluding hydrogens is 234 g/mol. The Kier molecular flexibility index (Phi) is 4.00. The predicted molar refractivity (Wildman–Crippen MR) is 67.5 cm³/mol. The molecule has 3 heteroatoms. The van der Waals surface area contributed by atoms with Crippen molar-refractivity contribution in [3.05, 3.63) is 42.0 Å². The number of phenolic OH excluding ortho intramolecular Hbond substituents is 1. The lowest BCUT2D eigenvalue weighted by Crippen LogP contribution is -2.13. The fourth-order valence-electron chi connectivity index (χ4n) is 2.79. The zero-order chi connectivity index (χ0) is 13.1. The van der Waals surface area contributed by atoms with Crippen LogP contribution in [0, 0.1) is 17.6 Å². The molecular formula is C15H18F2O. The Bertz CT molecular complexity index is 411. The first-order chi connectivity index (χ1) is 8.61. The average Bonchev–Trinajstić information content (AvgIpc) is 2.37. The van der Waals surface area contributed by atoms with Gasteiger partial charge in [-0.05, 0) is 61.6 Å². The zero-order valence-electron chi connectivity index (χ0n) is 10.3. The van der Waals surface area contributed by atoms with Crippen molar-refractivity contribution in [2.24, 2.45) is 5.92 Å². The number of phenols is 1. The lowest BCUT2D eigenvalue weighted by atomic mass is 9.77. The highest BCUT2D eigenvalue weighted by Crippen LogP contribution is 2.38. The Morgan fingerprint density at radius 1 is 1.17 bits per heavy atom. The smallest absolute Gasteiger partial charge is 0.187 e. The van der Waals surface area contributed by atoms with Crippen LogP contribution in [0.15, 0.2) is 24.8 Å². The maximum absolute atomic E-state index is 13.3. The Morgan fingerprint density at radius 3 is 2.22 bits per heavy atom. The molecule has 1 fully saturated rings. The molecule has 1 aliphatic rings. The molecule has 0 aromatic heterocycles. The van der Waals surface area contributed by atoms with E-state index in [0.29, 0.717) is 11.5 Å². The molecule has 0 saturated heterocycles. The molecule has 0 amide bonds. The van der Waals surface area contributed by atoms with E-state index in [4.69, 9.17) is 5.11 Å². The van der Waals surface area contributed by atoms with Gasteiger partial charge in [0.05, 0.1) is 0 Å². The first kappa shape index (κ1) is 13.1. The van der Waals surface area contributed by atoms with Crippen molar-refractivity contribution in [2.75, 3.05) is 0 Å². The molecule has 0 unspecified atom stereocenters. The normalized spacial score (nSPS) is 23.9. The van der Waals surface area contributed by atoms with Crippen molar-refractivity contribution in [1.82, 2.24) is 0 Å². The van der Waals surface area contributed by atoms with Crippen LogP contribution in [0.2, 0.25) is 0 Å². The number of rotatable bonds is 3. The van der Waals surface area contributed by atoms with Crippen LogP contribution in [0.3, 0.4) is 0 Å². The van der Waals surface area contributed by atoms with Gasteiger partial charge in [0.1, 0.15) is 0 Å². The van der Waals surface area contributed by atoms with E-state index in [0.717, 1.165) is 32.1 Å². The summed E-state index contributed by atoms with van der Waals surface area (Å²) in [6, 6.07) is 2.52. The Morgan fingerprint density at radius 2 is 1.72 bits per heavy atom. The highest BCUT2D eigenvalue weighted by atomic mass is 19.1. The van der Waals surface area contributed by atoms with Crippen LogP contribution in [0.1, 0.15) is 43.6 Å². The van der Waals surface area contributed by atoms with Crippen LogP contribution in [-0.4, -0.2) is 5.11 Å². The van der Waals surface area contributed by atoms with Crippen molar-refractivity contribution in [1.29, 1.82) is 0 Å². The molecule has 1 nitrogen and oxygen atoms in total. The molecule has 0 radical (unpaired) electrons. The lowest BCUT2D eigenvalue weighted by molar-refractivity contribution is 0.326. The predicted octanol–water partition coefficient (Wildman–Crippen LogP) is 4.52. The summed E-state index contributed by atoms with van der Waals surface area (Å²) in [6.07, 6.45) is 6.99. The van der Waals surface area contributed by atoms with E-state index in [1.165, 1.54) is 12.1 Å². The highest BCUT2D eigenvalue weighted by Gasteiger charge is 2.23. The summed E-state index contributed by atoms with van der Waals surface area (Å²) in [5.74, 6) is -1.74. The molecule has 1 aliphatic carbocycles. The number of hydrogen-bond acceptors (Lipinski definition) is 1. The van der Waals surface area contributed by atoms with E-state index < -0.39 is 17.4 Å². The summed E-state index contributed by atoms with van der Waals surface area (Å²) in [5.41, 5.74) is 0.667. The first-order valence-corrected chi connectivity index (χ1v) is 6.40. The molecule has 0 aliphatic heterocycles. The number of allylic oxidation sites excluding steroid dienone is 1. The third-order valence-corrected chi connectivity index (χ3v) is 3.86. The summed E-state index contributed by atoms with van der Waals surface area (Å²) >= 11 is 0. The van der Waals surface area contributed by atoms with Crippen molar-refractivity contribution in [3.63, 3.8) is 0 Å². The fraction of sp³-hybridized carbons (Fsp3) is 0.467. The van der Waals surface area contributed by atoms with E-state index in [9.17, 15) is 8.78 Å². The van der Waals surface area contributed by atoms with E-state index in [1.54, 1.807) is 0 Å². The third kappa shape index (κ3) is 2.71. The maximum Gasteiger partial charge on any atom is 0.187 e. The average molecular weight is 252 g/mol. The Hall–Kier alpha value is -1.38. The summed E-state index contributed by atoms with van der Waals surface area (Å²) in [4.78, 5) is 0. The van der Waals surface area contributed by atoms with Crippen molar-refractivity contribution >= 4 is 0 Å². The first-order valence-electron chi connectivity index (χ1n) is 6.40. The van der Waals surface area contributed by atoms with Gasteiger partial charge in [0.2, 0.25) is 0 Å². The van der Waals surface area contributed by atoms with Gasteiger partial charge >= 0.3 is 0 Å². The number of hydrogen-bond donors (Lipinski definition) is 1. The van der Waals surface area contributed by atoms with Gasteiger partial charge in [-0.25, -0.2) is 8.78 Å². The topological polar surface area (TPSA) is 20.2 Å². The van der Waals surface area contributed by atoms with Crippen molar-refractivity contribution < 1.29 is 13.9 Å². The molecule has 2 rings (SSSR count). The van der Waals surface area contributed by atoms with Gasteiger partial charge in [0.25, 0.3) is 0 Å². The molecule has 0 atom stereocenters. The molecule has 1 aromatic rings. The maximum atomic E-state index is 13.3. The molecule has 1 saturated carbocycles. The Labute approximate surface area is 106 Å². The minimum Gasteiger partial charge on any atom is -0.503 e. The van der Waals surface area contributed by atoms with Gasteiger partial charge in [0, 0.05) is 0 Å². The molecule has 0 bridgehead atoms. The minimum absolute atomic E-state index is 0.204. The van der Waals surface area contributed by atoms with E-state index in [1.807, 2.05) is 6.08 Å². The highest BCUT2D eigenvalue weighted by molar-refractivity contribution is 5.32. The van der Waals surface area contributed by atoms with Crippen LogP contribution >= 0.6 is 0 Å². The molecule has 1 N–H and O–H groups in total. The van der Waals surface area contributed by atoms with Gasteiger partial charge < -0.3 is 5.11 Å². The second kappa shape index (κ2) is 5.51. The van der Waals surface area contributed by atoms with Crippen LogP contribution < -0.4 is 0 Å². The van der Waals surface area contributed by atoms with Crippen LogP contribution in [0.25, 0.3) is 0 Å². The van der Waals surface area contributed by atoms with Gasteiger partial charge in [-0.1, -0.05) is 6.08 Å². The summed E-state index contributed by atoms with van der Waals surface area (Å²) in [6.45, 7) is 3.74. The third-order valence-electron chi connectivity index (χ3n) is 3.86. The summed E-state index contributed by atoms with van der Waals surface area (Å²) in [5, 5.41) is 9.08. The van der Waals surface area contributed by atoms with Gasteiger partial charge in [0.15, 0.2) is 17.4 Å². The monoisotopic (exact) mass is 252 g/mol. The number of benzene rings is 1. The van der Waals surface area contributed by atoms with Crippen LogP contribution in [-0.2, 0) is 0 Å². The van der Waals surface area contributed by atoms with E-state index >= 15 is 0 Å². The fourth-order valence-corrected chi connectivity index (χ4v) is 2.79. The molecule has 0 heterocycles. The minimum atomic E-state index is -0.876. The number of halogens is 2. The quantitative estimate of drug-likeness (QED) is 0.784. The Balaban J connectivity index is 2.08. The summed E-state index contributed by atoms with van der Waals surface area (Å²) < 4.78 is 26.6. The molecule has 18 heavy (non-hydrogen) atoms. The van der Waals surface area contributed by atoms with Gasteiger partial charge in [-0.15, -0.1) is 6.58 Å². The number of aromatic hydroxyl groups is 1. The van der Waals surface area contributed by atoms with Gasteiger partial charge in [-0.3, -0.25) is 0 Å². The second-order valence-corrected chi connectivity index (χ2v) is 5.08. The summed E-state index contributed by atoms with van der Waals surface area (Å²) in [7, 11) is 0. The molecule has 1 aromatic carbocycles. The standard InChI is InChI=1S/C15H18F2O/c1-2-3-10-4-6-11(7-5-10)12-8-13(16)15(18)14(17)9-12/h2,8-11,18H,1,3-7H2. The lowest BCUT2D eigenvalue weighted by Gasteiger charge is -2.28.